The molecule has 0 aliphatic rings. The van der Waals surface area contributed by atoms with Crippen molar-refractivity contribution in [3.8, 4) is 0 Å². The maximum Gasteiger partial charge on any atom is 0.128 e. The number of likely N-dealkylation sites (N-methyl/N-ethyl adjacent to an activating group) is 1. The molecule has 0 fully saturated rings. The molecule has 1 N–H and O–H groups in total. The summed E-state index contributed by atoms with van der Waals surface area (Å²) in [6, 6.07) is 3.95. The van der Waals surface area contributed by atoms with Crippen molar-refractivity contribution in [3.05, 3.63) is 23.9 Å². The third-order valence-corrected chi connectivity index (χ3v) is 2.98. The Morgan fingerprint density at radius 1 is 1.16 bits per heavy atom. The van der Waals surface area contributed by atoms with E-state index in [9.17, 15) is 5.11 Å². The van der Waals surface area contributed by atoms with Crippen LogP contribution in [0.1, 0.15) is 32.4 Å². The smallest absolute Gasteiger partial charge is 0.128 e. The summed E-state index contributed by atoms with van der Waals surface area (Å²) in [6.45, 7) is 9.15. The Bertz CT molecular complexity index is 360. The number of aromatic nitrogens is 1. The number of aliphatic hydroxyl groups excluding tert-OH is 1. The third kappa shape index (κ3) is 5.57. The first kappa shape index (κ1) is 15.9. The number of hydrogen-bond donors (Lipinski definition) is 1. The fourth-order valence-corrected chi connectivity index (χ4v) is 1.89. The first-order chi connectivity index (χ1) is 8.90. The molecule has 1 aromatic heterocycles. The highest BCUT2D eigenvalue weighted by molar-refractivity contribution is 5.39. The van der Waals surface area contributed by atoms with Crippen LogP contribution in [0.2, 0.25) is 0 Å². The molecule has 0 saturated carbocycles. The van der Waals surface area contributed by atoms with Crippen LogP contribution in [0.15, 0.2) is 18.3 Å². The van der Waals surface area contributed by atoms with Crippen molar-refractivity contribution in [2.45, 2.75) is 26.9 Å². The Morgan fingerprint density at radius 2 is 1.84 bits per heavy atom. The van der Waals surface area contributed by atoms with Gasteiger partial charge >= 0.3 is 0 Å². The van der Waals surface area contributed by atoms with Gasteiger partial charge in [-0.1, -0.05) is 19.9 Å². The molecule has 4 heteroatoms. The first-order valence-electron chi connectivity index (χ1n) is 6.94. The summed E-state index contributed by atoms with van der Waals surface area (Å²) in [5.74, 6) is 1.58. The molecule has 1 aromatic rings. The minimum Gasteiger partial charge on any atom is -0.389 e. The van der Waals surface area contributed by atoms with Gasteiger partial charge in [-0.15, -0.1) is 0 Å². The standard InChI is InChI=1S/C15H27N3O/c1-12(2)11-18(9-8-17(4)5)15-7-6-14(10-16-15)13(3)19/h6-7,10,12-13,19H,8-9,11H2,1-5H3. The van der Waals surface area contributed by atoms with E-state index in [1.807, 2.05) is 12.1 Å². The zero-order valence-electron chi connectivity index (χ0n) is 12.8. The monoisotopic (exact) mass is 265 g/mol. The number of pyridine rings is 1. The van der Waals surface area contributed by atoms with Gasteiger partial charge in [0, 0.05) is 25.8 Å². The van der Waals surface area contributed by atoms with E-state index in [0.29, 0.717) is 5.92 Å². The van der Waals surface area contributed by atoms with Crippen molar-refractivity contribution in [1.82, 2.24) is 9.88 Å². The summed E-state index contributed by atoms with van der Waals surface area (Å²) in [4.78, 5) is 8.96. The van der Waals surface area contributed by atoms with E-state index in [1.165, 1.54) is 0 Å². The van der Waals surface area contributed by atoms with Crippen LogP contribution in [0, 0.1) is 5.92 Å². The van der Waals surface area contributed by atoms with Crippen molar-refractivity contribution in [2.24, 2.45) is 5.92 Å². The molecular formula is C15H27N3O. The Labute approximate surface area is 117 Å². The van der Waals surface area contributed by atoms with Gasteiger partial charge in [-0.25, -0.2) is 4.98 Å². The van der Waals surface area contributed by atoms with Crippen molar-refractivity contribution in [3.63, 3.8) is 0 Å². The van der Waals surface area contributed by atoms with Gasteiger partial charge in [0.1, 0.15) is 5.82 Å². The molecule has 1 atom stereocenters. The summed E-state index contributed by atoms with van der Waals surface area (Å²) >= 11 is 0. The van der Waals surface area contributed by atoms with Gasteiger partial charge in [0.05, 0.1) is 6.10 Å². The molecule has 0 bridgehead atoms. The Kier molecular flexibility index (Phi) is 6.25. The average Bonchev–Trinajstić information content (AvgIpc) is 2.34. The van der Waals surface area contributed by atoms with Gasteiger partial charge in [0.25, 0.3) is 0 Å². The van der Waals surface area contributed by atoms with Crippen LogP contribution in [0.25, 0.3) is 0 Å². The second kappa shape index (κ2) is 7.46. The maximum atomic E-state index is 9.51. The first-order valence-corrected chi connectivity index (χ1v) is 6.94. The van der Waals surface area contributed by atoms with Gasteiger partial charge in [0.15, 0.2) is 0 Å². The van der Waals surface area contributed by atoms with Crippen LogP contribution in [-0.2, 0) is 0 Å². The fraction of sp³-hybridized carbons (Fsp3) is 0.667. The Morgan fingerprint density at radius 3 is 2.26 bits per heavy atom. The molecule has 108 valence electrons. The van der Waals surface area contributed by atoms with Gasteiger partial charge in [-0.05, 0) is 38.6 Å². The topological polar surface area (TPSA) is 39.6 Å². The SMILES string of the molecule is CC(C)CN(CCN(C)C)c1ccc(C(C)O)cn1. The lowest BCUT2D eigenvalue weighted by Gasteiger charge is -2.27. The molecule has 19 heavy (non-hydrogen) atoms. The molecule has 0 spiro atoms. The minimum absolute atomic E-state index is 0.457. The third-order valence-electron chi connectivity index (χ3n) is 2.98. The molecular weight excluding hydrogens is 238 g/mol. The van der Waals surface area contributed by atoms with Crippen LogP contribution in [0.3, 0.4) is 0 Å². The maximum absolute atomic E-state index is 9.51. The fourth-order valence-electron chi connectivity index (χ4n) is 1.89. The van der Waals surface area contributed by atoms with Gasteiger partial charge in [-0.3, -0.25) is 0 Å². The summed E-state index contributed by atoms with van der Waals surface area (Å²) in [6.07, 6.45) is 1.31. The highest BCUT2D eigenvalue weighted by Gasteiger charge is 2.11. The van der Waals surface area contributed by atoms with Gasteiger partial charge in [-0.2, -0.15) is 0 Å². The number of hydrogen-bond acceptors (Lipinski definition) is 4. The van der Waals surface area contributed by atoms with E-state index in [4.69, 9.17) is 0 Å². The molecule has 4 nitrogen and oxygen atoms in total. The van der Waals surface area contributed by atoms with Crippen LogP contribution < -0.4 is 4.90 Å². The molecule has 0 aliphatic carbocycles. The zero-order valence-corrected chi connectivity index (χ0v) is 12.8. The van der Waals surface area contributed by atoms with Crippen molar-refractivity contribution in [1.29, 1.82) is 0 Å². The molecule has 0 aromatic carbocycles. The summed E-state index contributed by atoms with van der Waals surface area (Å²) in [5.41, 5.74) is 0.862. The second-order valence-electron chi connectivity index (χ2n) is 5.77. The lowest BCUT2D eigenvalue weighted by molar-refractivity contribution is 0.199. The van der Waals surface area contributed by atoms with E-state index >= 15 is 0 Å². The normalized spacial score (nSPS) is 13.1. The second-order valence-corrected chi connectivity index (χ2v) is 5.77. The molecule has 0 radical (unpaired) electrons. The summed E-state index contributed by atoms with van der Waals surface area (Å²) < 4.78 is 0. The number of anilines is 1. The lowest BCUT2D eigenvalue weighted by Crippen LogP contribution is -2.34. The Balaban J connectivity index is 2.77. The van der Waals surface area contributed by atoms with E-state index < -0.39 is 6.10 Å². The zero-order chi connectivity index (χ0) is 14.4. The number of nitrogens with zero attached hydrogens (tertiary/aromatic N) is 3. The van der Waals surface area contributed by atoms with Crippen LogP contribution >= 0.6 is 0 Å². The average molecular weight is 265 g/mol. The molecule has 0 saturated heterocycles. The van der Waals surface area contributed by atoms with Crippen LogP contribution in [-0.4, -0.2) is 48.7 Å². The largest absolute Gasteiger partial charge is 0.389 e. The summed E-state index contributed by atoms with van der Waals surface area (Å²) in [5, 5.41) is 9.51. The van der Waals surface area contributed by atoms with E-state index in [1.54, 1.807) is 13.1 Å². The Hall–Kier alpha value is -1.13. The van der Waals surface area contributed by atoms with E-state index in [0.717, 1.165) is 31.0 Å². The van der Waals surface area contributed by atoms with Crippen molar-refractivity contribution in [2.75, 3.05) is 38.6 Å². The quantitative estimate of drug-likeness (QED) is 0.820. The van der Waals surface area contributed by atoms with E-state index in [-0.39, 0.29) is 0 Å². The molecule has 1 heterocycles. The van der Waals surface area contributed by atoms with Crippen LogP contribution in [0.4, 0.5) is 5.82 Å². The molecule has 1 rings (SSSR count). The van der Waals surface area contributed by atoms with Crippen molar-refractivity contribution < 1.29 is 5.11 Å². The molecule has 0 aliphatic heterocycles. The van der Waals surface area contributed by atoms with E-state index in [2.05, 4.69) is 42.7 Å². The van der Waals surface area contributed by atoms with Crippen LogP contribution in [0.5, 0.6) is 0 Å². The minimum atomic E-state index is -0.457. The molecule has 1 unspecified atom stereocenters. The highest BCUT2D eigenvalue weighted by Crippen LogP contribution is 2.16. The highest BCUT2D eigenvalue weighted by atomic mass is 16.3. The van der Waals surface area contributed by atoms with Crippen molar-refractivity contribution >= 4 is 5.82 Å². The number of rotatable bonds is 7. The van der Waals surface area contributed by atoms with Gasteiger partial charge in [0.2, 0.25) is 0 Å². The van der Waals surface area contributed by atoms with Gasteiger partial charge < -0.3 is 14.9 Å². The number of aliphatic hydroxyl groups is 1. The predicted octanol–water partition coefficient (Wildman–Crippen LogP) is 2.16. The predicted molar refractivity (Wildman–Crippen MR) is 80.5 cm³/mol. The summed E-state index contributed by atoms with van der Waals surface area (Å²) in [7, 11) is 4.16. The molecule has 0 amide bonds. The lowest BCUT2D eigenvalue weighted by atomic mass is 10.1.